The summed E-state index contributed by atoms with van der Waals surface area (Å²) in [7, 11) is 1.27. The van der Waals surface area contributed by atoms with E-state index >= 15 is 0 Å². The number of carbonyl (C=O) groups excluding carboxylic acids is 3. The average Bonchev–Trinajstić information content (AvgIpc) is 3.15. The van der Waals surface area contributed by atoms with Gasteiger partial charge in [-0.15, -0.1) is 0 Å². The van der Waals surface area contributed by atoms with Crippen LogP contribution in [-0.4, -0.2) is 49.2 Å². The molecule has 2 heterocycles. The number of anilines is 1. The minimum absolute atomic E-state index is 0.125. The van der Waals surface area contributed by atoms with Crippen LogP contribution in [0, 0.1) is 11.8 Å². The van der Waals surface area contributed by atoms with Crippen LogP contribution in [0.25, 0.3) is 0 Å². The van der Waals surface area contributed by atoms with E-state index in [0.717, 1.165) is 5.56 Å². The van der Waals surface area contributed by atoms with E-state index in [-0.39, 0.29) is 13.2 Å². The standard InChI is InChI=1S/C23H24N2O6/c1-3-30-22(27)20-18(21(26)29-2)16-13-31-17-12-8-7-11-15(17)19(16)25(20)23(28)24-14-9-5-4-6-10-14/h4-12,16,18-20H,3,13H2,1-2H3,(H,24,28)/t16-,18-,19+,20?/m0/s1. The molecule has 1 N–H and O–H groups in total. The Bertz CT molecular complexity index is 979. The van der Waals surface area contributed by atoms with Crippen molar-refractivity contribution in [1.82, 2.24) is 4.90 Å². The highest BCUT2D eigenvalue weighted by Gasteiger charge is 2.60. The van der Waals surface area contributed by atoms with Gasteiger partial charge in [0.1, 0.15) is 11.8 Å². The van der Waals surface area contributed by atoms with Crippen LogP contribution in [0.15, 0.2) is 54.6 Å². The first-order valence-corrected chi connectivity index (χ1v) is 10.2. The van der Waals surface area contributed by atoms with Gasteiger partial charge in [0.2, 0.25) is 0 Å². The highest BCUT2D eigenvalue weighted by Crippen LogP contribution is 2.51. The van der Waals surface area contributed by atoms with Crippen molar-refractivity contribution in [2.24, 2.45) is 11.8 Å². The van der Waals surface area contributed by atoms with Crippen molar-refractivity contribution in [2.45, 2.75) is 19.0 Å². The summed E-state index contributed by atoms with van der Waals surface area (Å²) in [5, 5.41) is 2.84. The largest absolute Gasteiger partial charge is 0.493 e. The number of benzene rings is 2. The van der Waals surface area contributed by atoms with E-state index in [1.807, 2.05) is 30.3 Å². The highest BCUT2D eigenvalue weighted by molar-refractivity contribution is 5.96. The summed E-state index contributed by atoms with van der Waals surface area (Å²) in [6.45, 7) is 1.98. The zero-order valence-electron chi connectivity index (χ0n) is 17.3. The molecule has 2 aromatic rings. The summed E-state index contributed by atoms with van der Waals surface area (Å²) in [5.41, 5.74) is 1.32. The first-order chi connectivity index (χ1) is 15.1. The van der Waals surface area contributed by atoms with Crippen molar-refractivity contribution < 1.29 is 28.6 Å². The molecule has 1 saturated heterocycles. The molecule has 0 bridgehead atoms. The zero-order chi connectivity index (χ0) is 22.0. The molecule has 31 heavy (non-hydrogen) atoms. The van der Waals surface area contributed by atoms with Crippen molar-refractivity contribution in [3.8, 4) is 5.75 Å². The Balaban J connectivity index is 1.81. The van der Waals surface area contributed by atoms with Crippen molar-refractivity contribution >= 4 is 23.7 Å². The van der Waals surface area contributed by atoms with Gasteiger partial charge in [-0.25, -0.2) is 9.59 Å². The van der Waals surface area contributed by atoms with Crippen LogP contribution in [0.3, 0.4) is 0 Å². The van der Waals surface area contributed by atoms with Gasteiger partial charge in [0.15, 0.2) is 0 Å². The summed E-state index contributed by atoms with van der Waals surface area (Å²) in [6, 6.07) is 14.1. The monoisotopic (exact) mass is 424 g/mol. The number of nitrogens with one attached hydrogen (secondary N) is 1. The Morgan fingerprint density at radius 2 is 1.77 bits per heavy atom. The smallest absolute Gasteiger partial charge is 0.329 e. The van der Waals surface area contributed by atoms with Gasteiger partial charge >= 0.3 is 18.0 Å². The first kappa shape index (κ1) is 20.7. The van der Waals surface area contributed by atoms with Gasteiger partial charge in [-0.2, -0.15) is 0 Å². The number of rotatable bonds is 4. The minimum Gasteiger partial charge on any atom is -0.493 e. The Hall–Kier alpha value is -3.55. The lowest BCUT2D eigenvalue weighted by Crippen LogP contribution is -2.48. The van der Waals surface area contributed by atoms with Gasteiger partial charge in [-0.3, -0.25) is 4.79 Å². The predicted octanol–water partition coefficient (Wildman–Crippen LogP) is 3.00. The number of fused-ring (bicyclic) bond motifs is 3. The highest BCUT2D eigenvalue weighted by atomic mass is 16.5. The Labute approximate surface area is 180 Å². The third-order valence-corrected chi connectivity index (χ3v) is 5.74. The fourth-order valence-electron chi connectivity index (χ4n) is 4.49. The van der Waals surface area contributed by atoms with Gasteiger partial charge in [0.05, 0.1) is 32.3 Å². The number of ether oxygens (including phenoxy) is 3. The Kier molecular flexibility index (Phi) is 5.79. The molecule has 2 aromatic carbocycles. The molecule has 2 aliphatic heterocycles. The number of esters is 2. The second kappa shape index (κ2) is 8.67. The fraction of sp³-hybridized carbons (Fsp3) is 0.348. The lowest BCUT2D eigenvalue weighted by atomic mass is 9.83. The molecule has 8 nitrogen and oxygen atoms in total. The van der Waals surface area contributed by atoms with Crippen LogP contribution < -0.4 is 10.1 Å². The SMILES string of the molecule is CCOC(=O)C1[C@@H](C(=O)OC)[C@@H]2COc3ccccc3[C@H]2N1C(=O)Nc1ccccc1. The maximum Gasteiger partial charge on any atom is 0.329 e. The maximum absolute atomic E-state index is 13.5. The molecular formula is C23H24N2O6. The number of methoxy groups -OCH3 is 1. The van der Waals surface area contributed by atoms with E-state index in [1.54, 1.807) is 31.2 Å². The van der Waals surface area contributed by atoms with Crippen molar-refractivity contribution in [3.63, 3.8) is 0 Å². The van der Waals surface area contributed by atoms with E-state index in [0.29, 0.717) is 11.4 Å². The number of urea groups is 1. The van der Waals surface area contributed by atoms with Gasteiger partial charge in [0.25, 0.3) is 0 Å². The fourth-order valence-corrected chi connectivity index (χ4v) is 4.49. The van der Waals surface area contributed by atoms with Crippen LogP contribution in [0.2, 0.25) is 0 Å². The molecular weight excluding hydrogens is 400 g/mol. The van der Waals surface area contributed by atoms with Crippen LogP contribution >= 0.6 is 0 Å². The van der Waals surface area contributed by atoms with Crippen LogP contribution in [-0.2, 0) is 19.1 Å². The second-order valence-electron chi connectivity index (χ2n) is 7.41. The topological polar surface area (TPSA) is 94.2 Å². The number of carbonyl (C=O) groups is 3. The second-order valence-corrected chi connectivity index (χ2v) is 7.41. The molecule has 0 spiro atoms. The number of hydrogen-bond acceptors (Lipinski definition) is 6. The lowest BCUT2D eigenvalue weighted by molar-refractivity contribution is -0.157. The van der Waals surface area contributed by atoms with Crippen molar-refractivity contribution in [2.75, 3.05) is 25.6 Å². The summed E-state index contributed by atoms with van der Waals surface area (Å²) < 4.78 is 16.2. The van der Waals surface area contributed by atoms with Gasteiger partial charge < -0.3 is 24.4 Å². The summed E-state index contributed by atoms with van der Waals surface area (Å²) in [6.07, 6.45) is 0. The molecule has 162 valence electrons. The van der Waals surface area contributed by atoms with Crippen molar-refractivity contribution in [1.29, 1.82) is 0 Å². The minimum atomic E-state index is -1.14. The van der Waals surface area contributed by atoms with E-state index in [1.165, 1.54) is 12.0 Å². The van der Waals surface area contributed by atoms with E-state index in [9.17, 15) is 14.4 Å². The van der Waals surface area contributed by atoms with E-state index < -0.39 is 41.9 Å². The predicted molar refractivity (Wildman–Crippen MR) is 111 cm³/mol. The number of nitrogens with zero attached hydrogens (tertiary/aromatic N) is 1. The normalized spacial score (nSPS) is 23.7. The van der Waals surface area contributed by atoms with Gasteiger partial charge in [-0.05, 0) is 25.1 Å². The van der Waals surface area contributed by atoms with Gasteiger partial charge in [0, 0.05) is 17.2 Å². The molecule has 0 saturated carbocycles. The molecule has 8 heteroatoms. The zero-order valence-corrected chi connectivity index (χ0v) is 17.3. The first-order valence-electron chi connectivity index (χ1n) is 10.2. The Morgan fingerprint density at radius 3 is 2.48 bits per heavy atom. The lowest BCUT2D eigenvalue weighted by Gasteiger charge is -2.34. The molecule has 4 atom stereocenters. The summed E-state index contributed by atoms with van der Waals surface area (Å²) in [4.78, 5) is 40.7. The Morgan fingerprint density at radius 1 is 1.06 bits per heavy atom. The van der Waals surface area contributed by atoms with Crippen LogP contribution in [0.4, 0.5) is 10.5 Å². The maximum atomic E-state index is 13.5. The third-order valence-electron chi connectivity index (χ3n) is 5.74. The molecule has 1 unspecified atom stereocenters. The molecule has 1 fully saturated rings. The number of para-hydroxylation sites is 2. The third kappa shape index (κ3) is 3.69. The molecule has 2 aliphatic rings. The molecule has 0 radical (unpaired) electrons. The molecule has 2 amide bonds. The quantitative estimate of drug-likeness (QED) is 0.759. The molecule has 0 aliphatic carbocycles. The van der Waals surface area contributed by atoms with Gasteiger partial charge in [-0.1, -0.05) is 36.4 Å². The summed E-state index contributed by atoms with van der Waals surface area (Å²) >= 11 is 0. The number of likely N-dealkylation sites (tertiary alicyclic amines) is 1. The number of amides is 2. The number of hydrogen-bond donors (Lipinski definition) is 1. The average molecular weight is 424 g/mol. The van der Waals surface area contributed by atoms with E-state index in [2.05, 4.69) is 5.32 Å². The van der Waals surface area contributed by atoms with Crippen LogP contribution in [0.5, 0.6) is 5.75 Å². The van der Waals surface area contributed by atoms with E-state index in [4.69, 9.17) is 14.2 Å². The van der Waals surface area contributed by atoms with Crippen LogP contribution in [0.1, 0.15) is 18.5 Å². The molecule has 4 rings (SSSR count). The molecule has 0 aromatic heterocycles. The summed E-state index contributed by atoms with van der Waals surface area (Å²) in [5.74, 6) is -1.98. The van der Waals surface area contributed by atoms with Crippen molar-refractivity contribution in [3.05, 3.63) is 60.2 Å².